The van der Waals surface area contributed by atoms with Gasteiger partial charge < -0.3 is 14.8 Å². The van der Waals surface area contributed by atoms with Crippen molar-refractivity contribution in [2.24, 2.45) is 0 Å². The maximum Gasteiger partial charge on any atom is 0.252 e. The van der Waals surface area contributed by atoms with Crippen LogP contribution in [-0.4, -0.2) is 44.9 Å². The monoisotopic (exact) mass is 470 g/mol. The molecular formula is C20H23ClN2O5S2. The molecule has 10 heteroatoms. The number of hydrogen-bond acceptors (Lipinski definition) is 6. The van der Waals surface area contributed by atoms with Crippen LogP contribution in [0.2, 0.25) is 5.02 Å². The zero-order chi connectivity index (χ0) is 21.1. The molecule has 7 nitrogen and oxygen atoms in total. The van der Waals surface area contributed by atoms with Crippen molar-refractivity contribution in [1.82, 2.24) is 4.31 Å². The highest BCUT2D eigenvalue weighted by atomic mass is 35.5. The molecule has 1 aromatic carbocycles. The van der Waals surface area contributed by atoms with Crippen molar-refractivity contribution in [2.45, 2.75) is 36.3 Å². The number of hydrogen-bond donors (Lipinski definition) is 1. The van der Waals surface area contributed by atoms with Gasteiger partial charge >= 0.3 is 0 Å². The summed E-state index contributed by atoms with van der Waals surface area (Å²) in [7, 11) is -3.49. The van der Waals surface area contributed by atoms with E-state index in [0.29, 0.717) is 53.4 Å². The molecule has 0 unspecified atom stereocenters. The number of anilines is 1. The van der Waals surface area contributed by atoms with E-state index in [1.54, 1.807) is 24.3 Å². The minimum Gasteiger partial charge on any atom is -0.490 e. The Kier molecular flexibility index (Phi) is 6.52. The van der Waals surface area contributed by atoms with E-state index in [9.17, 15) is 13.2 Å². The van der Waals surface area contributed by atoms with Crippen molar-refractivity contribution in [2.75, 3.05) is 31.6 Å². The van der Waals surface area contributed by atoms with Gasteiger partial charge in [0, 0.05) is 36.5 Å². The summed E-state index contributed by atoms with van der Waals surface area (Å²) in [5.74, 6) is 0.815. The van der Waals surface area contributed by atoms with Crippen molar-refractivity contribution in [1.29, 1.82) is 0 Å². The molecule has 4 rings (SSSR count). The molecule has 30 heavy (non-hydrogen) atoms. The van der Waals surface area contributed by atoms with E-state index in [0.717, 1.165) is 37.0 Å². The number of sulfonamides is 1. The van der Waals surface area contributed by atoms with E-state index in [-0.39, 0.29) is 16.5 Å². The number of halogens is 1. The molecule has 2 aliphatic rings. The SMILES string of the molecule is O=C(Cc1ccc(S(=O)(=O)N2CCCCC2)s1)Nc1cc2c(cc1Cl)OCCCO2. The van der Waals surface area contributed by atoms with Gasteiger partial charge in [0.1, 0.15) is 4.21 Å². The molecule has 2 aliphatic heterocycles. The summed E-state index contributed by atoms with van der Waals surface area (Å²) < 4.78 is 38.6. The number of piperidine rings is 1. The predicted molar refractivity (Wildman–Crippen MR) is 116 cm³/mol. The number of benzene rings is 1. The van der Waals surface area contributed by atoms with Gasteiger partial charge in [-0.3, -0.25) is 4.79 Å². The standard InChI is InChI=1S/C20H23ClN2O5S2/c21-15-12-17-18(28-10-4-9-27-17)13-16(15)22-19(24)11-14-5-6-20(29-14)30(25,26)23-7-2-1-3-8-23/h5-6,12-13H,1-4,7-11H2,(H,22,24). The van der Waals surface area contributed by atoms with E-state index in [2.05, 4.69) is 5.32 Å². The summed E-state index contributed by atoms with van der Waals surface area (Å²) >= 11 is 7.41. The molecule has 2 aromatic rings. The van der Waals surface area contributed by atoms with Gasteiger partial charge in [-0.1, -0.05) is 18.0 Å². The fourth-order valence-electron chi connectivity index (χ4n) is 3.46. The van der Waals surface area contributed by atoms with Gasteiger partial charge in [-0.15, -0.1) is 11.3 Å². The van der Waals surface area contributed by atoms with Gasteiger partial charge in [0.15, 0.2) is 11.5 Å². The van der Waals surface area contributed by atoms with E-state index in [1.807, 2.05) is 0 Å². The third kappa shape index (κ3) is 4.74. The molecule has 1 aromatic heterocycles. The summed E-state index contributed by atoms with van der Waals surface area (Å²) in [5.41, 5.74) is 0.434. The van der Waals surface area contributed by atoms with Crippen LogP contribution in [0.3, 0.4) is 0 Å². The van der Waals surface area contributed by atoms with Crippen LogP contribution in [0.1, 0.15) is 30.6 Å². The Bertz CT molecular complexity index is 1030. The van der Waals surface area contributed by atoms with Crippen molar-refractivity contribution in [3.05, 3.63) is 34.2 Å². The van der Waals surface area contributed by atoms with Gasteiger partial charge in [0.25, 0.3) is 10.0 Å². The van der Waals surface area contributed by atoms with Gasteiger partial charge in [0.2, 0.25) is 5.91 Å². The van der Waals surface area contributed by atoms with Crippen molar-refractivity contribution < 1.29 is 22.7 Å². The maximum absolute atomic E-state index is 12.8. The first-order valence-corrected chi connectivity index (χ1v) is 12.5. The third-order valence-corrected chi connectivity index (χ3v) is 8.76. The zero-order valence-corrected chi connectivity index (χ0v) is 18.7. The Morgan fingerprint density at radius 2 is 1.77 bits per heavy atom. The van der Waals surface area contributed by atoms with Crippen LogP contribution in [0.5, 0.6) is 11.5 Å². The van der Waals surface area contributed by atoms with Crippen molar-refractivity contribution in [3.63, 3.8) is 0 Å². The summed E-state index contributed by atoms with van der Waals surface area (Å²) in [4.78, 5) is 13.2. The molecule has 1 amide bonds. The van der Waals surface area contributed by atoms with Crippen LogP contribution in [0.25, 0.3) is 0 Å². The molecule has 0 aliphatic carbocycles. The van der Waals surface area contributed by atoms with Crippen molar-refractivity contribution >= 4 is 44.6 Å². The van der Waals surface area contributed by atoms with E-state index < -0.39 is 10.0 Å². The smallest absolute Gasteiger partial charge is 0.252 e. The van der Waals surface area contributed by atoms with Gasteiger partial charge in [-0.05, 0) is 25.0 Å². The lowest BCUT2D eigenvalue weighted by molar-refractivity contribution is -0.115. The van der Waals surface area contributed by atoms with E-state index >= 15 is 0 Å². The lowest BCUT2D eigenvalue weighted by atomic mass is 10.2. The van der Waals surface area contributed by atoms with Gasteiger partial charge in [-0.2, -0.15) is 4.31 Å². The van der Waals surface area contributed by atoms with Crippen molar-refractivity contribution in [3.8, 4) is 11.5 Å². The number of nitrogens with zero attached hydrogens (tertiary/aromatic N) is 1. The van der Waals surface area contributed by atoms with Crippen LogP contribution in [0.15, 0.2) is 28.5 Å². The number of carbonyl (C=O) groups is 1. The van der Waals surface area contributed by atoms with E-state index in [1.165, 1.54) is 4.31 Å². The highest BCUT2D eigenvalue weighted by Gasteiger charge is 2.27. The molecule has 0 saturated carbocycles. The van der Waals surface area contributed by atoms with Crippen LogP contribution in [0, 0.1) is 0 Å². The number of amides is 1. The molecule has 1 N–H and O–H groups in total. The maximum atomic E-state index is 12.8. The molecule has 162 valence electrons. The van der Waals surface area contributed by atoms with Crippen LogP contribution >= 0.6 is 22.9 Å². The Morgan fingerprint density at radius 3 is 2.50 bits per heavy atom. The van der Waals surface area contributed by atoms with Crippen LogP contribution < -0.4 is 14.8 Å². The number of carbonyl (C=O) groups excluding carboxylic acids is 1. The average Bonchev–Trinajstić information content (AvgIpc) is 3.09. The normalized spacial score (nSPS) is 17.4. The Morgan fingerprint density at radius 1 is 1.07 bits per heavy atom. The molecule has 3 heterocycles. The average molecular weight is 471 g/mol. The largest absolute Gasteiger partial charge is 0.490 e. The van der Waals surface area contributed by atoms with Gasteiger partial charge in [0.05, 0.1) is 30.3 Å². The quantitative estimate of drug-likeness (QED) is 0.715. The number of fused-ring (bicyclic) bond motifs is 1. The summed E-state index contributed by atoms with van der Waals surface area (Å²) in [5, 5.41) is 3.13. The number of nitrogens with one attached hydrogen (secondary N) is 1. The second-order valence-electron chi connectivity index (χ2n) is 7.24. The topological polar surface area (TPSA) is 84.9 Å². The fourth-order valence-corrected chi connectivity index (χ4v) is 6.68. The lowest BCUT2D eigenvalue weighted by Crippen LogP contribution is -2.35. The third-order valence-electron chi connectivity index (χ3n) is 4.99. The molecule has 0 atom stereocenters. The summed E-state index contributed by atoms with van der Waals surface area (Å²) in [6, 6.07) is 6.56. The molecule has 1 fully saturated rings. The lowest BCUT2D eigenvalue weighted by Gasteiger charge is -2.25. The molecule has 0 spiro atoms. The number of thiophene rings is 1. The first-order chi connectivity index (χ1) is 14.4. The molecule has 0 radical (unpaired) electrons. The number of rotatable bonds is 5. The molecular weight excluding hydrogens is 448 g/mol. The second kappa shape index (κ2) is 9.13. The second-order valence-corrected chi connectivity index (χ2v) is 11.0. The van der Waals surface area contributed by atoms with Gasteiger partial charge in [-0.25, -0.2) is 8.42 Å². The molecule has 1 saturated heterocycles. The van der Waals surface area contributed by atoms with E-state index in [4.69, 9.17) is 21.1 Å². The minimum absolute atomic E-state index is 0.0605. The van der Waals surface area contributed by atoms with Crippen LogP contribution in [0.4, 0.5) is 5.69 Å². The zero-order valence-electron chi connectivity index (χ0n) is 16.4. The first-order valence-electron chi connectivity index (χ1n) is 9.91. The predicted octanol–water partition coefficient (Wildman–Crippen LogP) is 3.92. The number of ether oxygens (including phenoxy) is 2. The fraction of sp³-hybridized carbons (Fsp3) is 0.450. The first kappa shape index (κ1) is 21.4. The van der Waals surface area contributed by atoms with Crippen LogP contribution in [-0.2, 0) is 21.2 Å². The Hall–Kier alpha value is -1.81. The Labute approximate surface area is 185 Å². The Balaban J connectivity index is 1.43. The molecule has 0 bridgehead atoms. The highest BCUT2D eigenvalue weighted by Crippen LogP contribution is 2.38. The summed E-state index contributed by atoms with van der Waals surface area (Å²) in [6.07, 6.45) is 3.66. The summed E-state index contributed by atoms with van der Waals surface area (Å²) in [6.45, 7) is 2.19. The highest BCUT2D eigenvalue weighted by molar-refractivity contribution is 7.91. The minimum atomic E-state index is -3.49.